The third-order valence-corrected chi connectivity index (χ3v) is 4.82. The van der Waals surface area contributed by atoms with Crippen molar-refractivity contribution in [1.82, 2.24) is 0 Å². The number of hydrogen-bond donors (Lipinski definition) is 2. The van der Waals surface area contributed by atoms with Gasteiger partial charge in [0.2, 0.25) is 0 Å². The van der Waals surface area contributed by atoms with Crippen LogP contribution in [0.4, 0.5) is 0 Å². The zero-order chi connectivity index (χ0) is 27.1. The van der Waals surface area contributed by atoms with Crippen molar-refractivity contribution in [2.45, 2.75) is 75.2 Å². The number of carbonyl (C=O) groups excluding carboxylic acids is 3. The predicted molar refractivity (Wildman–Crippen MR) is 122 cm³/mol. The second-order valence-electron chi connectivity index (χ2n) is 11.8. The molecule has 34 heavy (non-hydrogen) atoms. The number of carboxylic acid groups (broad SMARTS) is 2. The van der Waals surface area contributed by atoms with E-state index in [1.165, 1.54) is 0 Å². The summed E-state index contributed by atoms with van der Waals surface area (Å²) in [6, 6.07) is 0. The summed E-state index contributed by atoms with van der Waals surface area (Å²) in [7, 11) is 0. The summed E-state index contributed by atoms with van der Waals surface area (Å²) >= 11 is 0. The van der Waals surface area contributed by atoms with Crippen molar-refractivity contribution in [3.05, 3.63) is 0 Å². The third-order valence-electron chi connectivity index (χ3n) is 4.82. The van der Waals surface area contributed by atoms with Gasteiger partial charge < -0.3 is 24.4 Å². The fourth-order valence-electron chi connectivity index (χ4n) is 2.59. The predicted octanol–water partition coefficient (Wildman–Crippen LogP) is 3.31. The minimum absolute atomic E-state index is 0.374. The van der Waals surface area contributed by atoms with Crippen LogP contribution >= 0.6 is 0 Å². The molecule has 0 saturated carbocycles. The summed E-state index contributed by atoms with van der Waals surface area (Å²) in [5, 5.41) is 18.8. The highest BCUT2D eigenvalue weighted by Gasteiger charge is 2.43. The lowest BCUT2D eigenvalue weighted by atomic mass is 9.79. The Morgan fingerprint density at radius 1 is 0.618 bits per heavy atom. The van der Waals surface area contributed by atoms with Crippen LogP contribution in [-0.4, -0.2) is 59.9 Å². The maximum Gasteiger partial charge on any atom is 0.311 e. The summed E-state index contributed by atoms with van der Waals surface area (Å²) < 4.78 is 16.3. The van der Waals surface area contributed by atoms with Crippen LogP contribution in [0.3, 0.4) is 0 Å². The quantitative estimate of drug-likeness (QED) is 0.327. The van der Waals surface area contributed by atoms with E-state index >= 15 is 0 Å². The molecule has 0 saturated heterocycles. The number of aliphatic carboxylic acids is 2. The van der Waals surface area contributed by atoms with E-state index in [2.05, 4.69) is 0 Å². The highest BCUT2D eigenvalue weighted by atomic mass is 16.6. The van der Waals surface area contributed by atoms with E-state index in [-0.39, 0.29) is 6.42 Å². The second-order valence-corrected chi connectivity index (χ2v) is 11.8. The van der Waals surface area contributed by atoms with Crippen molar-refractivity contribution in [3.8, 4) is 0 Å². The van der Waals surface area contributed by atoms with Gasteiger partial charge in [0.1, 0.15) is 19.8 Å². The van der Waals surface area contributed by atoms with Crippen LogP contribution in [0.2, 0.25) is 0 Å². The highest BCUT2D eigenvalue weighted by Crippen LogP contribution is 2.33. The maximum absolute atomic E-state index is 12.5. The molecule has 0 aromatic rings. The molecule has 0 aliphatic carbocycles. The molecule has 0 spiro atoms. The van der Waals surface area contributed by atoms with Crippen LogP contribution in [0.5, 0.6) is 0 Å². The molecule has 10 nitrogen and oxygen atoms in total. The Hall–Kier alpha value is -2.65. The third kappa shape index (κ3) is 11.0. The van der Waals surface area contributed by atoms with E-state index in [1.807, 2.05) is 0 Å². The molecule has 0 heterocycles. The monoisotopic (exact) mass is 488 g/mol. The van der Waals surface area contributed by atoms with Crippen LogP contribution in [0, 0.1) is 27.6 Å². The molecule has 1 unspecified atom stereocenters. The molecule has 196 valence electrons. The Labute approximate surface area is 201 Å². The first kappa shape index (κ1) is 31.4. The normalized spacial score (nSPS) is 13.6. The first-order chi connectivity index (χ1) is 15.1. The number of carboxylic acids is 2. The fourth-order valence-corrected chi connectivity index (χ4v) is 2.59. The molecule has 0 aliphatic rings. The minimum Gasteiger partial charge on any atom is -0.481 e. The van der Waals surface area contributed by atoms with Crippen LogP contribution in [0.25, 0.3) is 0 Å². The average Bonchev–Trinajstić information content (AvgIpc) is 2.64. The molecule has 0 rings (SSSR count). The van der Waals surface area contributed by atoms with E-state index in [0.29, 0.717) is 0 Å². The van der Waals surface area contributed by atoms with Crippen LogP contribution < -0.4 is 0 Å². The summed E-state index contributed by atoms with van der Waals surface area (Å²) in [5.41, 5.74) is -4.14. The van der Waals surface area contributed by atoms with Gasteiger partial charge in [0.15, 0.2) is 0 Å². The van der Waals surface area contributed by atoms with Gasteiger partial charge in [-0.05, 0) is 68.7 Å². The first-order valence-corrected chi connectivity index (χ1v) is 11.1. The van der Waals surface area contributed by atoms with Crippen molar-refractivity contribution >= 4 is 29.8 Å². The summed E-state index contributed by atoms with van der Waals surface area (Å²) in [5.74, 6) is -5.96. The van der Waals surface area contributed by atoms with Gasteiger partial charge in [-0.2, -0.15) is 0 Å². The van der Waals surface area contributed by atoms with Gasteiger partial charge in [0.25, 0.3) is 0 Å². The lowest BCUT2D eigenvalue weighted by Gasteiger charge is -2.36. The van der Waals surface area contributed by atoms with Crippen LogP contribution in [0.15, 0.2) is 0 Å². The van der Waals surface area contributed by atoms with E-state index in [1.54, 1.807) is 62.3 Å². The van der Waals surface area contributed by atoms with E-state index < -0.39 is 83.7 Å². The zero-order valence-electron chi connectivity index (χ0n) is 21.8. The Balaban J connectivity index is 6.27. The van der Waals surface area contributed by atoms with Gasteiger partial charge in [-0.25, -0.2) is 0 Å². The minimum atomic E-state index is -1.48. The molecule has 0 aromatic carbocycles. The van der Waals surface area contributed by atoms with Crippen molar-refractivity contribution < 1.29 is 48.4 Å². The topological polar surface area (TPSA) is 154 Å². The number of ether oxygens (including phenoxy) is 3. The zero-order valence-corrected chi connectivity index (χ0v) is 21.8. The van der Waals surface area contributed by atoms with Gasteiger partial charge in [-0.1, -0.05) is 0 Å². The Morgan fingerprint density at radius 3 is 1.12 bits per heavy atom. The van der Waals surface area contributed by atoms with Gasteiger partial charge >= 0.3 is 29.8 Å². The Morgan fingerprint density at radius 2 is 0.912 bits per heavy atom. The lowest BCUT2D eigenvalue weighted by Crippen LogP contribution is -2.45. The van der Waals surface area contributed by atoms with Gasteiger partial charge in [0, 0.05) is 0 Å². The molecule has 10 heteroatoms. The molecular weight excluding hydrogens is 448 g/mol. The fraction of sp³-hybridized carbons (Fsp3) is 0.792. The van der Waals surface area contributed by atoms with E-state index in [0.717, 1.165) is 0 Å². The van der Waals surface area contributed by atoms with E-state index in [4.69, 9.17) is 14.2 Å². The number of esters is 3. The molecule has 2 N–H and O–H groups in total. The molecule has 0 fully saturated rings. The summed E-state index contributed by atoms with van der Waals surface area (Å²) in [4.78, 5) is 60.5. The Bertz CT molecular complexity index is 688. The average molecular weight is 489 g/mol. The van der Waals surface area contributed by atoms with Crippen LogP contribution in [0.1, 0.15) is 75.2 Å². The van der Waals surface area contributed by atoms with Gasteiger partial charge in [-0.3, -0.25) is 24.0 Å². The van der Waals surface area contributed by atoms with E-state index in [9.17, 15) is 34.2 Å². The molecule has 0 aromatic heterocycles. The molecular formula is C24H40O10. The van der Waals surface area contributed by atoms with Gasteiger partial charge in [0.05, 0.1) is 34.0 Å². The summed E-state index contributed by atoms with van der Waals surface area (Å²) in [6.45, 7) is 13.3. The molecule has 0 amide bonds. The second kappa shape index (κ2) is 11.7. The molecule has 0 bridgehead atoms. The summed E-state index contributed by atoms with van der Waals surface area (Å²) in [6.07, 6.45) is -1.09. The lowest BCUT2D eigenvalue weighted by molar-refractivity contribution is -0.175. The SMILES string of the molecule is CC(C)(C)C(=O)OCC(COC(=O)C(C)(C)C)(COC(=O)C(C)(C)C)CC(CC(=O)O)C(=O)O. The molecule has 0 aliphatic heterocycles. The maximum atomic E-state index is 12.5. The number of hydrogen-bond acceptors (Lipinski definition) is 8. The first-order valence-electron chi connectivity index (χ1n) is 11.1. The van der Waals surface area contributed by atoms with Crippen LogP contribution in [-0.2, 0) is 38.2 Å². The van der Waals surface area contributed by atoms with Crippen molar-refractivity contribution in [1.29, 1.82) is 0 Å². The standard InChI is InChI=1S/C24H40O10/c1-21(2,3)18(29)32-12-24(13-33-19(30)22(4,5)6,14-34-20(31)23(7,8)9)11-15(17(27)28)10-16(25)26/h15H,10-14H2,1-9H3,(H,25,26)(H,27,28). The van der Waals surface area contributed by atoms with Crippen molar-refractivity contribution in [3.63, 3.8) is 0 Å². The van der Waals surface area contributed by atoms with Crippen molar-refractivity contribution in [2.24, 2.45) is 27.6 Å². The van der Waals surface area contributed by atoms with Crippen molar-refractivity contribution in [2.75, 3.05) is 19.8 Å². The largest absolute Gasteiger partial charge is 0.481 e. The number of carbonyl (C=O) groups is 5. The highest BCUT2D eigenvalue weighted by molar-refractivity contribution is 5.78. The molecule has 0 radical (unpaired) electrons. The Kier molecular flexibility index (Phi) is 10.8. The van der Waals surface area contributed by atoms with Gasteiger partial charge in [-0.15, -0.1) is 0 Å². The smallest absolute Gasteiger partial charge is 0.311 e. The number of rotatable bonds is 11. The molecule has 1 atom stereocenters.